The molecule has 0 bridgehead atoms. The predicted octanol–water partition coefficient (Wildman–Crippen LogP) is 4.19. The van der Waals surface area contributed by atoms with Gasteiger partial charge in [0.1, 0.15) is 5.00 Å². The molecule has 0 saturated carbocycles. The monoisotopic (exact) mass is 396 g/mol. The van der Waals surface area contributed by atoms with E-state index in [-0.39, 0.29) is 17.6 Å². The van der Waals surface area contributed by atoms with Crippen LogP contribution in [0.3, 0.4) is 0 Å². The third-order valence-electron chi connectivity index (χ3n) is 3.87. The van der Waals surface area contributed by atoms with E-state index in [0.29, 0.717) is 15.6 Å². The molecule has 25 heavy (non-hydrogen) atoms. The minimum absolute atomic E-state index is 0.175. The van der Waals surface area contributed by atoms with E-state index < -0.39 is 0 Å². The Hall–Kier alpha value is -1.57. The molecule has 0 aliphatic heterocycles. The Bertz CT molecular complexity index is 790. The third-order valence-corrected chi connectivity index (χ3v) is 6.24. The van der Waals surface area contributed by atoms with Crippen LogP contribution < -0.4 is 5.32 Å². The van der Waals surface area contributed by atoms with Gasteiger partial charge in [-0.1, -0.05) is 23.4 Å². The first-order valence-electron chi connectivity index (χ1n) is 7.85. The minimum atomic E-state index is -0.387. The second-order valence-corrected chi connectivity index (χ2v) is 8.10. The molecule has 1 amide bonds. The van der Waals surface area contributed by atoms with E-state index in [1.54, 1.807) is 18.3 Å². The van der Waals surface area contributed by atoms with Crippen molar-refractivity contribution in [2.24, 2.45) is 0 Å². The molecule has 2 aromatic rings. The zero-order valence-corrected chi connectivity index (χ0v) is 16.0. The van der Waals surface area contributed by atoms with Crippen molar-refractivity contribution in [1.82, 2.24) is 4.98 Å². The van der Waals surface area contributed by atoms with Gasteiger partial charge in [-0.25, -0.2) is 9.78 Å². The maximum atomic E-state index is 12.3. The number of ether oxygens (including phenoxy) is 1. The van der Waals surface area contributed by atoms with Gasteiger partial charge in [0, 0.05) is 11.1 Å². The van der Waals surface area contributed by atoms with E-state index in [2.05, 4.69) is 10.3 Å². The maximum Gasteiger partial charge on any atom is 0.341 e. The van der Waals surface area contributed by atoms with Crippen molar-refractivity contribution in [3.05, 3.63) is 39.4 Å². The van der Waals surface area contributed by atoms with Gasteiger partial charge in [-0.3, -0.25) is 4.79 Å². The lowest BCUT2D eigenvalue weighted by Crippen LogP contribution is -2.16. The van der Waals surface area contributed by atoms with Gasteiger partial charge in [-0.15, -0.1) is 11.3 Å². The smallest absolute Gasteiger partial charge is 0.341 e. The number of fused-ring (bicyclic) bond motifs is 1. The van der Waals surface area contributed by atoms with Crippen molar-refractivity contribution in [3.8, 4) is 0 Å². The first-order chi connectivity index (χ1) is 12.1. The summed E-state index contributed by atoms with van der Waals surface area (Å²) in [6, 6.07) is 3.50. The number of rotatable bonds is 5. The zero-order chi connectivity index (χ0) is 17.8. The molecule has 1 N–H and O–H groups in total. The van der Waals surface area contributed by atoms with Crippen LogP contribution in [0, 0.1) is 0 Å². The topological polar surface area (TPSA) is 68.3 Å². The normalized spacial score (nSPS) is 13.2. The molecule has 5 nitrogen and oxygen atoms in total. The zero-order valence-electron chi connectivity index (χ0n) is 13.6. The number of anilines is 1. The lowest BCUT2D eigenvalue weighted by Gasteiger charge is -2.11. The molecule has 132 valence electrons. The summed E-state index contributed by atoms with van der Waals surface area (Å²) >= 11 is 8.60. The van der Waals surface area contributed by atoms with Crippen molar-refractivity contribution >= 4 is 51.6 Å². The van der Waals surface area contributed by atoms with Gasteiger partial charge in [-0.2, -0.15) is 0 Å². The summed E-state index contributed by atoms with van der Waals surface area (Å²) in [5.74, 6) is -0.357. The Balaban J connectivity index is 1.71. The molecule has 0 spiro atoms. The molecule has 0 saturated heterocycles. The third kappa shape index (κ3) is 4.34. The first kappa shape index (κ1) is 18.2. The van der Waals surface area contributed by atoms with Crippen LogP contribution in [-0.2, 0) is 22.4 Å². The van der Waals surface area contributed by atoms with Gasteiger partial charge in [0.2, 0.25) is 5.91 Å². The number of nitrogens with one attached hydrogen (secondary N) is 1. The van der Waals surface area contributed by atoms with Crippen molar-refractivity contribution in [3.63, 3.8) is 0 Å². The summed E-state index contributed by atoms with van der Waals surface area (Å²) in [5.41, 5.74) is 1.55. The van der Waals surface area contributed by atoms with Gasteiger partial charge < -0.3 is 10.1 Å². The van der Waals surface area contributed by atoms with Crippen molar-refractivity contribution in [2.75, 3.05) is 18.2 Å². The molecule has 2 aromatic heterocycles. The van der Waals surface area contributed by atoms with Gasteiger partial charge >= 0.3 is 5.97 Å². The van der Waals surface area contributed by atoms with Gasteiger partial charge in [0.25, 0.3) is 0 Å². The second-order valence-electron chi connectivity index (χ2n) is 5.56. The van der Waals surface area contributed by atoms with E-state index in [1.165, 1.54) is 35.1 Å². The number of thiophene rings is 1. The summed E-state index contributed by atoms with van der Waals surface area (Å²) in [7, 11) is 1.36. The number of aryl methyl sites for hydroxylation is 1. The van der Waals surface area contributed by atoms with Crippen LogP contribution in [-0.4, -0.2) is 29.7 Å². The summed E-state index contributed by atoms with van der Waals surface area (Å²) < 4.78 is 4.91. The molecule has 2 heterocycles. The fourth-order valence-electron chi connectivity index (χ4n) is 2.72. The summed E-state index contributed by atoms with van der Waals surface area (Å²) in [6.45, 7) is 0. The average Bonchev–Trinajstić information content (AvgIpc) is 2.98. The van der Waals surface area contributed by atoms with Gasteiger partial charge in [-0.05, 0) is 43.4 Å². The van der Waals surface area contributed by atoms with Crippen molar-refractivity contribution in [1.29, 1.82) is 0 Å². The number of pyridine rings is 1. The summed E-state index contributed by atoms with van der Waals surface area (Å²) in [6.07, 6.45) is 5.52. The highest BCUT2D eigenvalue weighted by Gasteiger charge is 2.26. The quantitative estimate of drug-likeness (QED) is 0.606. The van der Waals surface area contributed by atoms with Crippen LogP contribution in [0.2, 0.25) is 5.02 Å². The number of thioether (sulfide) groups is 1. The number of carbonyl (C=O) groups is 2. The Morgan fingerprint density at radius 2 is 2.16 bits per heavy atom. The van der Waals surface area contributed by atoms with Gasteiger partial charge in [0.05, 0.1) is 28.5 Å². The van der Waals surface area contributed by atoms with Crippen LogP contribution in [0.25, 0.3) is 0 Å². The Morgan fingerprint density at radius 3 is 2.88 bits per heavy atom. The van der Waals surface area contributed by atoms with E-state index in [1.807, 2.05) is 0 Å². The fraction of sp³-hybridized carbons (Fsp3) is 0.353. The predicted molar refractivity (Wildman–Crippen MR) is 101 cm³/mol. The van der Waals surface area contributed by atoms with E-state index >= 15 is 0 Å². The van der Waals surface area contributed by atoms with Crippen LogP contribution >= 0.6 is 34.7 Å². The van der Waals surface area contributed by atoms with Crippen LogP contribution in [0.5, 0.6) is 0 Å². The van der Waals surface area contributed by atoms with E-state index in [9.17, 15) is 9.59 Å². The number of hydrogen-bond donors (Lipinski definition) is 1. The summed E-state index contributed by atoms with van der Waals surface area (Å²) in [5, 5.41) is 4.74. The second kappa shape index (κ2) is 8.21. The Morgan fingerprint density at radius 1 is 1.36 bits per heavy atom. The number of amides is 1. The molecule has 0 aromatic carbocycles. The van der Waals surface area contributed by atoms with Crippen LogP contribution in [0.15, 0.2) is 23.4 Å². The van der Waals surface area contributed by atoms with E-state index in [0.717, 1.165) is 36.3 Å². The van der Waals surface area contributed by atoms with E-state index in [4.69, 9.17) is 16.3 Å². The number of aromatic nitrogens is 1. The largest absolute Gasteiger partial charge is 0.465 e. The molecule has 3 rings (SSSR count). The van der Waals surface area contributed by atoms with Gasteiger partial charge in [0.15, 0.2) is 0 Å². The number of halogens is 1. The highest BCUT2D eigenvalue weighted by atomic mass is 35.5. The molecule has 0 radical (unpaired) electrons. The standard InChI is InChI=1S/C17H17ClN2O3S2/c1-23-17(22)15-11-4-2-3-5-12(11)25-16(15)20-13(21)9-24-14-7-6-10(18)8-19-14/h6-8H,2-5,9H2,1H3,(H,20,21). The van der Waals surface area contributed by atoms with Crippen molar-refractivity contribution < 1.29 is 14.3 Å². The molecule has 0 fully saturated rings. The lowest BCUT2D eigenvalue weighted by atomic mass is 9.95. The number of nitrogens with zero attached hydrogens (tertiary/aromatic N) is 1. The van der Waals surface area contributed by atoms with Crippen molar-refractivity contribution in [2.45, 2.75) is 30.7 Å². The molecular weight excluding hydrogens is 380 g/mol. The number of esters is 1. The number of hydrogen-bond acceptors (Lipinski definition) is 6. The molecule has 1 aliphatic carbocycles. The molecular formula is C17H17ClN2O3S2. The number of carbonyl (C=O) groups excluding carboxylic acids is 2. The summed E-state index contributed by atoms with van der Waals surface area (Å²) in [4.78, 5) is 29.8. The fourth-order valence-corrected chi connectivity index (χ4v) is 4.77. The number of methoxy groups -OCH3 is 1. The molecule has 0 atom stereocenters. The average molecular weight is 397 g/mol. The Kier molecular flexibility index (Phi) is 5.98. The molecule has 0 unspecified atom stereocenters. The molecule has 8 heteroatoms. The first-order valence-corrected chi connectivity index (χ1v) is 10.0. The highest BCUT2D eigenvalue weighted by Crippen LogP contribution is 2.38. The van der Waals surface area contributed by atoms with Crippen LogP contribution in [0.4, 0.5) is 5.00 Å². The Labute approximate surface area is 159 Å². The minimum Gasteiger partial charge on any atom is -0.465 e. The lowest BCUT2D eigenvalue weighted by molar-refractivity contribution is -0.113. The van der Waals surface area contributed by atoms with Crippen LogP contribution in [0.1, 0.15) is 33.6 Å². The SMILES string of the molecule is COC(=O)c1c(NC(=O)CSc2ccc(Cl)cn2)sc2c1CCCC2. The highest BCUT2D eigenvalue weighted by molar-refractivity contribution is 7.99. The maximum absolute atomic E-state index is 12.3. The molecule has 1 aliphatic rings.